The first-order valence-corrected chi connectivity index (χ1v) is 9.74. The van der Waals surface area contributed by atoms with E-state index in [-0.39, 0.29) is 15.2 Å². The highest BCUT2D eigenvalue weighted by Gasteiger charge is 2.36. The molecule has 1 aromatic carbocycles. The number of benzene rings is 1. The van der Waals surface area contributed by atoms with E-state index >= 15 is 0 Å². The number of hydrogen-bond acceptors (Lipinski definition) is 4. The second-order valence-electron chi connectivity index (χ2n) is 5.45. The van der Waals surface area contributed by atoms with Gasteiger partial charge in [0.05, 0.1) is 9.79 Å². The smallest absolute Gasteiger partial charge is 0.176 e. The largest absolute Gasteiger partial charge is 0.330 e. The van der Waals surface area contributed by atoms with Crippen molar-refractivity contribution < 1.29 is 12.8 Å². The second kappa shape index (κ2) is 5.66. The van der Waals surface area contributed by atoms with E-state index < -0.39 is 15.7 Å². The zero-order valence-corrected chi connectivity index (χ0v) is 13.4. The lowest BCUT2D eigenvalue weighted by Gasteiger charge is -2.28. The van der Waals surface area contributed by atoms with Crippen molar-refractivity contribution in [2.45, 2.75) is 40.9 Å². The molecule has 0 bridgehead atoms. The Morgan fingerprint density at radius 2 is 1.95 bits per heavy atom. The number of halogens is 1. The Kier molecular flexibility index (Phi) is 4.47. The Morgan fingerprint density at radius 3 is 2.40 bits per heavy atom. The Labute approximate surface area is 124 Å². The first-order chi connectivity index (χ1) is 9.34. The lowest BCUT2D eigenvalue weighted by molar-refractivity contribution is 0.446. The molecular formula is C14H20FNO2S2. The minimum atomic E-state index is -3.46. The number of thioether (sulfide) groups is 1. The quantitative estimate of drug-likeness (QED) is 0.868. The normalized spacial score (nSPS) is 18.4. The van der Waals surface area contributed by atoms with Gasteiger partial charge in [-0.25, -0.2) is 12.8 Å². The van der Waals surface area contributed by atoms with Crippen LogP contribution >= 0.6 is 11.8 Å². The van der Waals surface area contributed by atoms with Gasteiger partial charge in [0.15, 0.2) is 9.84 Å². The van der Waals surface area contributed by atoms with Gasteiger partial charge in [0.25, 0.3) is 0 Å². The molecule has 6 heteroatoms. The molecule has 3 nitrogen and oxygen atoms in total. The summed E-state index contributed by atoms with van der Waals surface area (Å²) in [5.74, 6) is -0.463. The van der Waals surface area contributed by atoms with Gasteiger partial charge in [-0.15, -0.1) is 11.8 Å². The molecule has 0 aliphatic heterocycles. The van der Waals surface area contributed by atoms with Crippen LogP contribution in [0.25, 0.3) is 0 Å². The van der Waals surface area contributed by atoms with Gasteiger partial charge < -0.3 is 5.73 Å². The molecule has 0 amide bonds. The van der Waals surface area contributed by atoms with Gasteiger partial charge in [0, 0.05) is 18.2 Å². The predicted molar refractivity (Wildman–Crippen MR) is 80.5 cm³/mol. The molecular weight excluding hydrogens is 297 g/mol. The van der Waals surface area contributed by atoms with Crippen LogP contribution in [0.2, 0.25) is 0 Å². The summed E-state index contributed by atoms with van der Waals surface area (Å²) in [6.07, 6.45) is 6.69. The van der Waals surface area contributed by atoms with Gasteiger partial charge in [-0.05, 0) is 36.8 Å². The topological polar surface area (TPSA) is 60.2 Å². The maximum absolute atomic E-state index is 14.3. The Morgan fingerprint density at radius 1 is 1.35 bits per heavy atom. The molecule has 1 aliphatic carbocycles. The summed E-state index contributed by atoms with van der Waals surface area (Å²) in [5, 5.41) is 0. The number of sulfone groups is 1. The minimum Gasteiger partial charge on any atom is -0.330 e. The maximum Gasteiger partial charge on any atom is 0.176 e. The van der Waals surface area contributed by atoms with Crippen LogP contribution in [-0.4, -0.2) is 27.5 Å². The molecule has 112 valence electrons. The summed E-state index contributed by atoms with van der Waals surface area (Å²) in [7, 11) is -3.46. The molecule has 1 aromatic rings. The van der Waals surface area contributed by atoms with Gasteiger partial charge in [-0.3, -0.25) is 0 Å². The average molecular weight is 317 g/mol. The number of hydrogen-bond donors (Lipinski definition) is 1. The Bertz CT molecular complexity index is 608. The molecule has 0 unspecified atom stereocenters. The molecule has 1 fully saturated rings. The third kappa shape index (κ3) is 2.73. The fraction of sp³-hybridized carbons (Fsp3) is 0.571. The van der Waals surface area contributed by atoms with Crippen molar-refractivity contribution >= 4 is 21.6 Å². The average Bonchev–Trinajstić information content (AvgIpc) is 2.86. The van der Waals surface area contributed by atoms with Gasteiger partial charge in [0.1, 0.15) is 5.82 Å². The third-order valence-electron chi connectivity index (χ3n) is 4.18. The first-order valence-electron chi connectivity index (χ1n) is 6.62. The molecule has 0 radical (unpaired) electrons. The Balaban J connectivity index is 2.65. The van der Waals surface area contributed by atoms with Crippen molar-refractivity contribution in [2.24, 2.45) is 5.73 Å². The summed E-state index contributed by atoms with van der Waals surface area (Å²) < 4.78 is 38.1. The standard InChI is InChI=1S/C14H20FNO2S2/c1-19-13-11(15)7-10(8-12(13)20(2,17)18)14(9-16)5-3-4-6-14/h7-8H,3-6,9,16H2,1-2H3. The summed E-state index contributed by atoms with van der Waals surface area (Å²) in [6, 6.07) is 3.10. The van der Waals surface area contributed by atoms with E-state index in [0.29, 0.717) is 6.54 Å². The van der Waals surface area contributed by atoms with Crippen molar-refractivity contribution in [3.8, 4) is 0 Å². The van der Waals surface area contributed by atoms with E-state index in [1.165, 1.54) is 6.07 Å². The fourth-order valence-corrected chi connectivity index (χ4v) is 5.00. The molecule has 0 spiro atoms. The zero-order chi connectivity index (χ0) is 15.0. The number of nitrogens with two attached hydrogens (primary N) is 1. The van der Waals surface area contributed by atoms with E-state index in [1.54, 1.807) is 12.3 Å². The molecule has 0 aromatic heterocycles. The molecule has 2 N–H and O–H groups in total. The molecule has 1 saturated carbocycles. The van der Waals surface area contributed by atoms with Crippen LogP contribution in [0.3, 0.4) is 0 Å². The summed E-state index contributed by atoms with van der Waals surface area (Å²) >= 11 is 1.12. The van der Waals surface area contributed by atoms with Gasteiger partial charge in [-0.2, -0.15) is 0 Å². The molecule has 0 heterocycles. The summed E-state index contributed by atoms with van der Waals surface area (Å²) in [6.45, 7) is 0.425. The first kappa shape index (κ1) is 15.8. The zero-order valence-electron chi connectivity index (χ0n) is 11.8. The second-order valence-corrected chi connectivity index (χ2v) is 8.25. The molecule has 1 aliphatic rings. The van der Waals surface area contributed by atoms with Gasteiger partial charge in [0.2, 0.25) is 0 Å². The van der Waals surface area contributed by atoms with Crippen molar-refractivity contribution in [2.75, 3.05) is 19.1 Å². The lowest BCUT2D eigenvalue weighted by atomic mass is 9.79. The molecule has 20 heavy (non-hydrogen) atoms. The monoisotopic (exact) mass is 317 g/mol. The summed E-state index contributed by atoms with van der Waals surface area (Å²) in [5.41, 5.74) is 6.37. The van der Waals surface area contributed by atoms with Crippen LogP contribution < -0.4 is 5.73 Å². The lowest BCUT2D eigenvalue weighted by Crippen LogP contribution is -2.32. The maximum atomic E-state index is 14.3. The highest BCUT2D eigenvalue weighted by molar-refractivity contribution is 7.99. The van der Waals surface area contributed by atoms with Gasteiger partial charge >= 0.3 is 0 Å². The third-order valence-corrected chi connectivity index (χ3v) is 6.25. The molecule has 0 atom stereocenters. The van der Waals surface area contributed by atoms with E-state index in [9.17, 15) is 12.8 Å². The van der Waals surface area contributed by atoms with Crippen LogP contribution in [0.4, 0.5) is 4.39 Å². The van der Waals surface area contributed by atoms with E-state index in [0.717, 1.165) is 49.3 Å². The van der Waals surface area contributed by atoms with E-state index in [4.69, 9.17) is 5.73 Å². The van der Waals surface area contributed by atoms with Crippen molar-refractivity contribution in [3.05, 3.63) is 23.5 Å². The highest BCUT2D eigenvalue weighted by atomic mass is 32.2. The fourth-order valence-electron chi connectivity index (χ4n) is 3.01. The van der Waals surface area contributed by atoms with Crippen molar-refractivity contribution in [1.29, 1.82) is 0 Å². The van der Waals surface area contributed by atoms with Crippen LogP contribution in [0.1, 0.15) is 31.2 Å². The molecule has 2 rings (SSSR count). The van der Waals surface area contributed by atoms with Gasteiger partial charge in [-0.1, -0.05) is 12.8 Å². The van der Waals surface area contributed by atoms with Crippen LogP contribution in [0.5, 0.6) is 0 Å². The minimum absolute atomic E-state index is 0.0831. The highest BCUT2D eigenvalue weighted by Crippen LogP contribution is 2.42. The Hall–Kier alpha value is -0.590. The van der Waals surface area contributed by atoms with Crippen molar-refractivity contribution in [3.63, 3.8) is 0 Å². The predicted octanol–water partition coefficient (Wildman–Crippen LogP) is 2.72. The van der Waals surface area contributed by atoms with E-state index in [2.05, 4.69) is 0 Å². The van der Waals surface area contributed by atoms with Crippen molar-refractivity contribution in [1.82, 2.24) is 0 Å². The van der Waals surface area contributed by atoms with Crippen LogP contribution in [0.15, 0.2) is 21.9 Å². The SMILES string of the molecule is CSc1c(F)cc(C2(CN)CCCC2)cc1S(C)(=O)=O. The molecule has 0 saturated heterocycles. The van der Waals surface area contributed by atoms with Crippen LogP contribution in [0, 0.1) is 5.82 Å². The van der Waals surface area contributed by atoms with Crippen LogP contribution in [-0.2, 0) is 15.3 Å². The van der Waals surface area contributed by atoms with E-state index in [1.807, 2.05) is 0 Å². The number of rotatable bonds is 4. The summed E-state index contributed by atoms with van der Waals surface area (Å²) in [4.78, 5) is 0.279.